The Kier molecular flexibility index (Phi) is 5.16. The first-order chi connectivity index (χ1) is 13.8. The Labute approximate surface area is 173 Å². The maximum Gasteiger partial charge on any atom is 0.256 e. The minimum atomic E-state index is -3.64. The van der Waals surface area contributed by atoms with Gasteiger partial charge in [0.05, 0.1) is 16.3 Å². The molecule has 1 aliphatic carbocycles. The zero-order valence-corrected chi connectivity index (χ0v) is 17.2. The molecule has 9 heteroatoms. The van der Waals surface area contributed by atoms with Crippen LogP contribution in [-0.2, 0) is 10.0 Å². The zero-order valence-electron chi connectivity index (χ0n) is 15.6. The normalized spacial score (nSPS) is 14.0. The number of nitrogens with zero attached hydrogens (tertiary/aromatic N) is 2. The van der Waals surface area contributed by atoms with Crippen LogP contribution >= 0.6 is 11.6 Å². The van der Waals surface area contributed by atoms with Gasteiger partial charge in [0.2, 0.25) is 10.0 Å². The summed E-state index contributed by atoms with van der Waals surface area (Å²) in [4.78, 5) is 12.9. The van der Waals surface area contributed by atoms with Gasteiger partial charge >= 0.3 is 0 Å². The summed E-state index contributed by atoms with van der Waals surface area (Å²) in [6, 6.07) is 14.8. The molecule has 1 saturated carbocycles. The van der Waals surface area contributed by atoms with Crippen molar-refractivity contribution in [3.63, 3.8) is 0 Å². The van der Waals surface area contributed by atoms with E-state index in [-0.39, 0.29) is 16.5 Å². The van der Waals surface area contributed by atoms with Crippen molar-refractivity contribution < 1.29 is 13.2 Å². The minimum absolute atomic E-state index is 0.00694. The van der Waals surface area contributed by atoms with E-state index < -0.39 is 15.9 Å². The second-order valence-electron chi connectivity index (χ2n) is 6.94. The third kappa shape index (κ3) is 4.50. The number of carbonyl (C=O) groups excluding carboxylic acids is 1. The first-order valence-corrected chi connectivity index (χ1v) is 10.9. The van der Waals surface area contributed by atoms with E-state index in [1.54, 1.807) is 41.1 Å². The average molecular weight is 431 g/mol. The summed E-state index contributed by atoms with van der Waals surface area (Å²) in [5, 5.41) is 7.75. The first-order valence-electron chi connectivity index (χ1n) is 9.08. The Morgan fingerprint density at radius 2 is 1.90 bits per heavy atom. The smallest absolute Gasteiger partial charge is 0.256 e. The van der Waals surface area contributed by atoms with Gasteiger partial charge in [-0.3, -0.25) is 4.79 Å². The van der Waals surface area contributed by atoms with E-state index in [1.807, 2.05) is 13.0 Å². The molecular formula is C20H19ClN4O3S. The third-order valence-corrected chi connectivity index (χ3v) is 6.18. The van der Waals surface area contributed by atoms with Gasteiger partial charge in [-0.1, -0.05) is 23.7 Å². The van der Waals surface area contributed by atoms with Crippen LogP contribution in [0.15, 0.2) is 59.5 Å². The Morgan fingerprint density at radius 3 is 2.62 bits per heavy atom. The molecule has 1 aliphatic rings. The maximum atomic E-state index is 12.8. The molecule has 1 amide bonds. The molecule has 0 radical (unpaired) electrons. The van der Waals surface area contributed by atoms with Crippen LogP contribution in [0.5, 0.6) is 0 Å². The third-order valence-electron chi connectivity index (χ3n) is 4.43. The minimum Gasteiger partial charge on any atom is -0.306 e. The molecule has 0 atom stereocenters. The lowest BCUT2D eigenvalue weighted by Gasteiger charge is -2.10. The van der Waals surface area contributed by atoms with Crippen LogP contribution in [0.4, 0.5) is 5.82 Å². The van der Waals surface area contributed by atoms with Crippen LogP contribution in [0.1, 0.15) is 28.9 Å². The fourth-order valence-electron chi connectivity index (χ4n) is 2.87. The summed E-state index contributed by atoms with van der Waals surface area (Å²) in [5.74, 6) is 0.0239. The molecule has 1 fully saturated rings. The van der Waals surface area contributed by atoms with Crippen LogP contribution in [0.2, 0.25) is 5.02 Å². The number of nitrogens with one attached hydrogen (secondary N) is 2. The van der Waals surface area contributed by atoms with Crippen molar-refractivity contribution in [3.8, 4) is 5.69 Å². The fraction of sp³-hybridized carbons (Fsp3) is 0.200. The number of amides is 1. The number of carbonyl (C=O) groups is 1. The number of sulfonamides is 1. The van der Waals surface area contributed by atoms with E-state index in [9.17, 15) is 13.2 Å². The number of aromatic nitrogens is 2. The molecule has 4 rings (SSSR count). The Hall–Kier alpha value is -2.68. The van der Waals surface area contributed by atoms with Gasteiger partial charge in [-0.25, -0.2) is 17.8 Å². The summed E-state index contributed by atoms with van der Waals surface area (Å²) in [6.45, 7) is 1.81. The van der Waals surface area contributed by atoms with Crippen molar-refractivity contribution in [1.82, 2.24) is 14.5 Å². The quantitative estimate of drug-likeness (QED) is 0.625. The predicted octanol–water partition coefficient (Wildman–Crippen LogP) is 3.53. The Balaban J connectivity index is 1.60. The number of anilines is 1. The number of benzene rings is 2. The van der Waals surface area contributed by atoms with E-state index in [1.165, 1.54) is 12.1 Å². The molecule has 1 heterocycles. The Morgan fingerprint density at radius 1 is 1.14 bits per heavy atom. The average Bonchev–Trinajstić information content (AvgIpc) is 3.41. The van der Waals surface area contributed by atoms with Crippen molar-refractivity contribution in [1.29, 1.82) is 0 Å². The van der Waals surface area contributed by atoms with Crippen LogP contribution in [0, 0.1) is 6.92 Å². The highest BCUT2D eigenvalue weighted by atomic mass is 35.5. The largest absolute Gasteiger partial charge is 0.306 e. The van der Waals surface area contributed by atoms with Gasteiger partial charge in [0, 0.05) is 22.7 Å². The second kappa shape index (κ2) is 7.62. The predicted molar refractivity (Wildman–Crippen MR) is 111 cm³/mol. The van der Waals surface area contributed by atoms with E-state index >= 15 is 0 Å². The van der Waals surface area contributed by atoms with Gasteiger partial charge in [0.1, 0.15) is 5.82 Å². The summed E-state index contributed by atoms with van der Waals surface area (Å²) >= 11 is 6.06. The summed E-state index contributed by atoms with van der Waals surface area (Å²) in [5.41, 5.74) is 1.65. The van der Waals surface area contributed by atoms with Gasteiger partial charge in [-0.15, -0.1) is 0 Å². The monoisotopic (exact) mass is 430 g/mol. The Bertz CT molecular complexity index is 1190. The van der Waals surface area contributed by atoms with E-state index in [4.69, 9.17) is 11.6 Å². The summed E-state index contributed by atoms with van der Waals surface area (Å²) in [6.07, 6.45) is 1.68. The first kappa shape index (κ1) is 19.6. The molecule has 0 saturated heterocycles. The number of rotatable bonds is 6. The summed E-state index contributed by atoms with van der Waals surface area (Å²) < 4.78 is 29.0. The van der Waals surface area contributed by atoms with Crippen molar-refractivity contribution >= 4 is 33.3 Å². The van der Waals surface area contributed by atoms with Crippen molar-refractivity contribution in [2.45, 2.75) is 30.7 Å². The van der Waals surface area contributed by atoms with Crippen molar-refractivity contribution in [2.75, 3.05) is 5.32 Å². The van der Waals surface area contributed by atoms with Gasteiger partial charge in [-0.2, -0.15) is 5.10 Å². The molecule has 0 aliphatic heterocycles. The lowest BCUT2D eigenvalue weighted by Crippen LogP contribution is -2.26. The van der Waals surface area contributed by atoms with E-state index in [2.05, 4.69) is 15.1 Å². The van der Waals surface area contributed by atoms with E-state index in [0.29, 0.717) is 22.2 Å². The molecular weight excluding hydrogens is 412 g/mol. The topological polar surface area (TPSA) is 93.1 Å². The molecule has 2 aromatic carbocycles. The number of halogens is 1. The highest BCUT2D eigenvalue weighted by Crippen LogP contribution is 2.23. The van der Waals surface area contributed by atoms with Crippen LogP contribution in [0.3, 0.4) is 0 Å². The van der Waals surface area contributed by atoms with Gasteiger partial charge in [0.25, 0.3) is 5.91 Å². The standard InChI is InChI=1S/C20H19ClN4O3S/c1-13-10-19(25(23-13)17-6-3-5-15(21)12-17)22-20(26)14-4-2-7-18(11-14)29(27,28)24-16-8-9-16/h2-7,10-12,16,24H,8-9H2,1H3,(H,22,26). The lowest BCUT2D eigenvalue weighted by molar-refractivity contribution is 0.102. The number of hydrogen-bond donors (Lipinski definition) is 2. The lowest BCUT2D eigenvalue weighted by atomic mass is 10.2. The molecule has 3 aromatic rings. The molecule has 2 N–H and O–H groups in total. The molecule has 0 unspecified atom stereocenters. The molecule has 0 bridgehead atoms. The molecule has 7 nitrogen and oxygen atoms in total. The van der Waals surface area contributed by atoms with Crippen LogP contribution in [-0.4, -0.2) is 30.1 Å². The molecule has 0 spiro atoms. The summed E-state index contributed by atoms with van der Waals surface area (Å²) in [7, 11) is -3.64. The van der Waals surface area contributed by atoms with Crippen LogP contribution < -0.4 is 10.0 Å². The van der Waals surface area contributed by atoms with E-state index in [0.717, 1.165) is 12.8 Å². The zero-order chi connectivity index (χ0) is 20.6. The van der Waals surface area contributed by atoms with Gasteiger partial charge < -0.3 is 5.32 Å². The SMILES string of the molecule is Cc1cc(NC(=O)c2cccc(S(=O)(=O)NC3CC3)c2)n(-c2cccc(Cl)c2)n1. The highest BCUT2D eigenvalue weighted by Gasteiger charge is 2.28. The molecule has 150 valence electrons. The second-order valence-corrected chi connectivity index (χ2v) is 9.09. The van der Waals surface area contributed by atoms with Gasteiger partial charge in [-0.05, 0) is 56.2 Å². The van der Waals surface area contributed by atoms with Crippen LogP contribution in [0.25, 0.3) is 5.69 Å². The molecule has 1 aromatic heterocycles. The van der Waals surface area contributed by atoms with Crippen molar-refractivity contribution in [2.24, 2.45) is 0 Å². The number of aryl methyl sites for hydroxylation is 1. The number of hydrogen-bond acceptors (Lipinski definition) is 4. The maximum absolute atomic E-state index is 12.8. The van der Waals surface area contributed by atoms with Gasteiger partial charge in [0.15, 0.2) is 0 Å². The molecule has 29 heavy (non-hydrogen) atoms. The fourth-order valence-corrected chi connectivity index (χ4v) is 4.41. The van der Waals surface area contributed by atoms with Crippen molar-refractivity contribution in [3.05, 3.63) is 70.9 Å². The highest BCUT2D eigenvalue weighted by molar-refractivity contribution is 7.89.